The number of benzene rings is 2. The molecule has 0 saturated heterocycles. The Balaban J connectivity index is 0.00000450. The number of hydrogen-bond donors (Lipinski definition) is 2. The Labute approximate surface area is 195 Å². The van der Waals surface area contributed by atoms with Crippen molar-refractivity contribution in [3.8, 4) is 0 Å². The van der Waals surface area contributed by atoms with Crippen LogP contribution in [0.2, 0.25) is 0 Å². The van der Waals surface area contributed by atoms with Crippen molar-refractivity contribution in [3.05, 3.63) is 65.2 Å². The van der Waals surface area contributed by atoms with Crippen LogP contribution in [0.25, 0.3) is 0 Å². The molecule has 2 N–H and O–H groups in total. The van der Waals surface area contributed by atoms with E-state index in [-0.39, 0.29) is 36.4 Å². The number of nitrogens with zero attached hydrogens (tertiary/aromatic N) is 2. The van der Waals surface area contributed by atoms with E-state index in [9.17, 15) is 13.2 Å². The van der Waals surface area contributed by atoms with Crippen LogP contribution in [-0.4, -0.2) is 52.1 Å². The van der Waals surface area contributed by atoms with Crippen LogP contribution in [0.5, 0.6) is 0 Å². The largest absolute Gasteiger partial charge is 0.352 e. The molecule has 0 radical (unpaired) electrons. The molecule has 30 heavy (non-hydrogen) atoms. The summed E-state index contributed by atoms with van der Waals surface area (Å²) in [5, 5.41) is 6.27. The summed E-state index contributed by atoms with van der Waals surface area (Å²) in [6.45, 7) is 2.81. The van der Waals surface area contributed by atoms with Crippen LogP contribution in [-0.2, 0) is 27.7 Å². The summed E-state index contributed by atoms with van der Waals surface area (Å²) in [7, 11) is 0.148. The number of guanidine groups is 1. The molecule has 0 bridgehead atoms. The maximum Gasteiger partial charge on any atom is 0.241 e. The van der Waals surface area contributed by atoms with E-state index in [2.05, 4.69) is 15.6 Å². The summed E-state index contributed by atoms with van der Waals surface area (Å²) in [4.78, 5) is 18.3. The van der Waals surface area contributed by atoms with Gasteiger partial charge in [0.2, 0.25) is 5.91 Å². The lowest BCUT2D eigenvalue weighted by Gasteiger charge is -2.15. The van der Waals surface area contributed by atoms with E-state index < -0.39 is 9.84 Å². The second-order valence-corrected chi connectivity index (χ2v) is 9.00. The Morgan fingerprint density at radius 2 is 1.70 bits per heavy atom. The minimum Gasteiger partial charge on any atom is -0.352 e. The Hall–Kier alpha value is -2.14. The van der Waals surface area contributed by atoms with Crippen LogP contribution >= 0.6 is 24.0 Å². The number of amides is 1. The molecular weight excluding hydrogens is 515 g/mol. The lowest BCUT2D eigenvalue weighted by molar-refractivity contribution is -0.127. The summed E-state index contributed by atoms with van der Waals surface area (Å²) in [5.74, 6) is 0.446. The van der Waals surface area contributed by atoms with E-state index in [4.69, 9.17) is 0 Å². The molecule has 9 heteroatoms. The number of rotatable bonds is 7. The predicted molar refractivity (Wildman–Crippen MR) is 131 cm³/mol. The van der Waals surface area contributed by atoms with Crippen LogP contribution in [0, 0.1) is 6.92 Å². The summed E-state index contributed by atoms with van der Waals surface area (Å²) in [6.07, 6.45) is 1.20. The zero-order valence-electron chi connectivity index (χ0n) is 17.7. The molecule has 0 unspecified atom stereocenters. The number of aliphatic imine (C=N–C) groups is 1. The van der Waals surface area contributed by atoms with Crippen LogP contribution in [0.3, 0.4) is 0 Å². The van der Waals surface area contributed by atoms with E-state index in [0.29, 0.717) is 29.5 Å². The molecule has 0 atom stereocenters. The fraction of sp³-hybridized carbons (Fsp3) is 0.333. The van der Waals surface area contributed by atoms with E-state index in [1.807, 2.05) is 36.4 Å². The lowest BCUT2D eigenvalue weighted by atomic mass is 10.1. The maximum atomic E-state index is 11.9. The number of sulfone groups is 1. The van der Waals surface area contributed by atoms with Gasteiger partial charge in [-0.25, -0.2) is 13.4 Å². The highest BCUT2D eigenvalue weighted by atomic mass is 127. The molecule has 1 amide bonds. The molecule has 0 aromatic heterocycles. The van der Waals surface area contributed by atoms with Gasteiger partial charge in [0, 0.05) is 26.9 Å². The third-order valence-electron chi connectivity index (χ3n) is 4.27. The quantitative estimate of drug-likeness (QED) is 0.318. The van der Waals surface area contributed by atoms with Gasteiger partial charge in [0.15, 0.2) is 15.8 Å². The smallest absolute Gasteiger partial charge is 0.241 e. The molecule has 0 saturated carbocycles. The molecule has 0 heterocycles. The van der Waals surface area contributed by atoms with Crippen molar-refractivity contribution in [2.24, 2.45) is 4.99 Å². The van der Waals surface area contributed by atoms with Gasteiger partial charge in [0.1, 0.15) is 0 Å². The minimum atomic E-state index is -3.25. The van der Waals surface area contributed by atoms with Gasteiger partial charge in [-0.15, -0.1) is 24.0 Å². The van der Waals surface area contributed by atoms with Gasteiger partial charge in [-0.1, -0.05) is 42.5 Å². The van der Waals surface area contributed by atoms with Gasteiger partial charge < -0.3 is 15.5 Å². The summed E-state index contributed by atoms with van der Waals surface area (Å²) < 4.78 is 23.5. The Kier molecular flexibility index (Phi) is 10.3. The third-order valence-corrected chi connectivity index (χ3v) is 5.52. The van der Waals surface area contributed by atoms with Crippen LogP contribution in [0.15, 0.2) is 58.4 Å². The number of halogens is 1. The number of carbonyl (C=O) groups is 1. The van der Waals surface area contributed by atoms with Crippen molar-refractivity contribution in [2.75, 3.05) is 26.9 Å². The first-order valence-electron chi connectivity index (χ1n) is 9.22. The molecule has 0 aliphatic heterocycles. The Bertz CT molecular complexity index is 977. The highest BCUT2D eigenvalue weighted by Crippen LogP contribution is 2.17. The minimum absolute atomic E-state index is 0. The number of likely N-dealkylation sites (N-methyl/N-ethyl adjacent to an activating group) is 1. The van der Waals surface area contributed by atoms with Crippen molar-refractivity contribution in [3.63, 3.8) is 0 Å². The average molecular weight is 544 g/mol. The molecule has 0 fully saturated rings. The SMILES string of the molecule is Cc1cc(CN=C(NCC(=O)N(C)C)NCc2ccccc2)ccc1S(C)(=O)=O.I. The van der Waals surface area contributed by atoms with Gasteiger partial charge in [0.25, 0.3) is 0 Å². The molecule has 164 valence electrons. The van der Waals surface area contributed by atoms with Crippen molar-refractivity contribution in [1.29, 1.82) is 0 Å². The van der Waals surface area contributed by atoms with Crippen LogP contribution in [0.1, 0.15) is 16.7 Å². The van der Waals surface area contributed by atoms with Gasteiger partial charge in [-0.2, -0.15) is 0 Å². The number of aryl methyl sites for hydroxylation is 1. The second kappa shape index (κ2) is 11.9. The predicted octanol–water partition coefficient (Wildman–Crippen LogP) is 2.34. The Morgan fingerprint density at radius 1 is 1.03 bits per heavy atom. The molecule has 2 aromatic rings. The number of carbonyl (C=O) groups excluding carboxylic acids is 1. The first kappa shape index (κ1) is 25.9. The van der Waals surface area contributed by atoms with Crippen molar-refractivity contribution >= 4 is 45.7 Å². The first-order chi connectivity index (χ1) is 13.7. The van der Waals surface area contributed by atoms with Gasteiger partial charge in [-0.3, -0.25) is 4.79 Å². The van der Waals surface area contributed by atoms with Crippen molar-refractivity contribution in [1.82, 2.24) is 15.5 Å². The fourth-order valence-electron chi connectivity index (χ4n) is 2.67. The topological polar surface area (TPSA) is 90.9 Å². The van der Waals surface area contributed by atoms with E-state index >= 15 is 0 Å². The fourth-order valence-corrected chi connectivity index (χ4v) is 3.63. The van der Waals surface area contributed by atoms with Gasteiger partial charge >= 0.3 is 0 Å². The molecule has 7 nitrogen and oxygen atoms in total. The van der Waals surface area contributed by atoms with E-state index in [1.165, 1.54) is 11.2 Å². The average Bonchev–Trinajstić information content (AvgIpc) is 2.66. The summed E-state index contributed by atoms with van der Waals surface area (Å²) in [5.41, 5.74) is 2.67. The monoisotopic (exact) mass is 544 g/mol. The summed E-state index contributed by atoms with van der Waals surface area (Å²) >= 11 is 0. The van der Waals surface area contributed by atoms with E-state index in [0.717, 1.165) is 11.1 Å². The first-order valence-corrected chi connectivity index (χ1v) is 11.1. The highest BCUT2D eigenvalue weighted by molar-refractivity contribution is 14.0. The highest BCUT2D eigenvalue weighted by Gasteiger charge is 2.11. The molecule has 0 aliphatic rings. The molecular formula is C21H29IN4O3S. The lowest BCUT2D eigenvalue weighted by Crippen LogP contribution is -2.42. The molecule has 2 aromatic carbocycles. The Morgan fingerprint density at radius 3 is 2.27 bits per heavy atom. The van der Waals surface area contributed by atoms with Crippen molar-refractivity contribution in [2.45, 2.75) is 24.9 Å². The van der Waals surface area contributed by atoms with Crippen LogP contribution < -0.4 is 10.6 Å². The molecule has 2 rings (SSSR count). The van der Waals surface area contributed by atoms with E-state index in [1.54, 1.807) is 33.2 Å². The molecule has 0 spiro atoms. The number of nitrogens with one attached hydrogen (secondary N) is 2. The summed E-state index contributed by atoms with van der Waals surface area (Å²) in [6, 6.07) is 15.1. The maximum absolute atomic E-state index is 11.9. The van der Waals surface area contributed by atoms with Crippen molar-refractivity contribution < 1.29 is 13.2 Å². The van der Waals surface area contributed by atoms with Gasteiger partial charge in [0.05, 0.1) is 18.0 Å². The zero-order valence-corrected chi connectivity index (χ0v) is 20.8. The van der Waals surface area contributed by atoms with Crippen LogP contribution in [0.4, 0.5) is 0 Å². The standard InChI is InChI=1S/C21H28N4O3S.HI/c1-16-12-18(10-11-19(16)29(4,27)28)14-23-21(24-15-20(26)25(2)3)22-13-17-8-6-5-7-9-17;/h5-12H,13-15H2,1-4H3,(H2,22,23,24);1H. The molecule has 0 aliphatic carbocycles. The van der Waals surface area contributed by atoms with Gasteiger partial charge in [-0.05, 0) is 29.7 Å². The zero-order chi connectivity index (χ0) is 21.4. The normalized spacial score (nSPS) is 11.4. The second-order valence-electron chi connectivity index (χ2n) is 7.02. The number of hydrogen-bond acceptors (Lipinski definition) is 4. The third kappa shape index (κ3) is 8.31.